The van der Waals surface area contributed by atoms with E-state index in [1.807, 2.05) is 48.9 Å². The summed E-state index contributed by atoms with van der Waals surface area (Å²) in [5, 5.41) is 12.2. The Bertz CT molecular complexity index is 1760. The van der Waals surface area contributed by atoms with Crippen LogP contribution in [0.25, 0.3) is 55.8 Å². The second-order valence-electron chi connectivity index (χ2n) is 9.44. The lowest BCUT2D eigenvalue weighted by atomic mass is 9.83. The molecule has 1 fully saturated rings. The first-order valence-corrected chi connectivity index (χ1v) is 12.4. The molecule has 1 aliphatic carbocycles. The SMILES string of the molecule is C=C(Nc1cncc(-c2ccc3[nH]nc(-c4cc5c(-c6ccncc6)nccc5[nH]4)c3n2)c1)C1CCC1. The van der Waals surface area contributed by atoms with Gasteiger partial charge < -0.3 is 10.3 Å². The predicted molar refractivity (Wildman–Crippen MR) is 146 cm³/mol. The third-order valence-electron chi connectivity index (χ3n) is 7.10. The third kappa shape index (κ3) is 3.83. The molecule has 6 heterocycles. The molecule has 7 rings (SSSR count). The van der Waals surface area contributed by atoms with Crippen LogP contribution in [0, 0.1) is 5.92 Å². The molecule has 6 aromatic rings. The Labute approximate surface area is 212 Å². The maximum absolute atomic E-state index is 4.99. The van der Waals surface area contributed by atoms with Crippen molar-refractivity contribution in [2.45, 2.75) is 19.3 Å². The van der Waals surface area contributed by atoms with E-state index >= 15 is 0 Å². The minimum Gasteiger partial charge on any atom is -0.358 e. The Hall–Kier alpha value is -4.85. The molecule has 0 amide bonds. The van der Waals surface area contributed by atoms with Crippen molar-refractivity contribution in [3.05, 3.63) is 85.7 Å². The van der Waals surface area contributed by atoms with Gasteiger partial charge in [0.1, 0.15) is 11.2 Å². The molecule has 0 bridgehead atoms. The number of pyridine rings is 4. The highest BCUT2D eigenvalue weighted by atomic mass is 15.1. The van der Waals surface area contributed by atoms with E-state index in [0.29, 0.717) is 5.92 Å². The highest BCUT2D eigenvalue weighted by molar-refractivity contribution is 5.99. The Morgan fingerprint density at radius 1 is 0.892 bits per heavy atom. The van der Waals surface area contributed by atoms with Gasteiger partial charge >= 0.3 is 0 Å². The van der Waals surface area contributed by atoms with Crippen molar-refractivity contribution in [1.82, 2.24) is 35.1 Å². The minimum atomic E-state index is 0.553. The number of fused-ring (bicyclic) bond motifs is 2. The minimum absolute atomic E-state index is 0.553. The number of aromatic amines is 2. The summed E-state index contributed by atoms with van der Waals surface area (Å²) in [5.41, 5.74) is 9.93. The van der Waals surface area contributed by atoms with Crippen LogP contribution in [0.4, 0.5) is 5.69 Å². The zero-order chi connectivity index (χ0) is 24.8. The molecular formula is C29H24N8. The van der Waals surface area contributed by atoms with Gasteiger partial charge in [0.15, 0.2) is 0 Å². The van der Waals surface area contributed by atoms with Gasteiger partial charge in [-0.2, -0.15) is 5.10 Å². The van der Waals surface area contributed by atoms with Gasteiger partial charge in [0.2, 0.25) is 0 Å². The molecule has 0 atom stereocenters. The van der Waals surface area contributed by atoms with Gasteiger partial charge in [0, 0.05) is 52.5 Å². The molecule has 0 radical (unpaired) electrons. The van der Waals surface area contributed by atoms with Crippen molar-refractivity contribution >= 4 is 27.6 Å². The molecule has 1 saturated carbocycles. The summed E-state index contributed by atoms with van der Waals surface area (Å²) in [7, 11) is 0. The Morgan fingerprint density at radius 2 is 1.78 bits per heavy atom. The van der Waals surface area contributed by atoms with Crippen molar-refractivity contribution in [1.29, 1.82) is 0 Å². The van der Waals surface area contributed by atoms with E-state index in [1.54, 1.807) is 12.4 Å². The number of nitrogens with one attached hydrogen (secondary N) is 3. The first-order valence-electron chi connectivity index (χ1n) is 12.4. The lowest BCUT2D eigenvalue weighted by Gasteiger charge is -2.28. The maximum atomic E-state index is 4.99. The second-order valence-corrected chi connectivity index (χ2v) is 9.44. The molecule has 180 valence electrons. The summed E-state index contributed by atoms with van der Waals surface area (Å²) >= 11 is 0. The van der Waals surface area contributed by atoms with Gasteiger partial charge in [0.05, 0.1) is 34.5 Å². The van der Waals surface area contributed by atoms with E-state index in [4.69, 9.17) is 4.98 Å². The summed E-state index contributed by atoms with van der Waals surface area (Å²) in [4.78, 5) is 21.7. The van der Waals surface area contributed by atoms with Gasteiger partial charge in [-0.15, -0.1) is 0 Å². The average Bonchev–Trinajstić information content (AvgIpc) is 3.52. The van der Waals surface area contributed by atoms with Crippen LogP contribution < -0.4 is 5.32 Å². The number of allylic oxidation sites excluding steroid dienone is 1. The predicted octanol–water partition coefficient (Wildman–Crippen LogP) is 6.35. The fourth-order valence-electron chi connectivity index (χ4n) is 4.86. The van der Waals surface area contributed by atoms with Gasteiger partial charge in [-0.3, -0.25) is 20.1 Å². The van der Waals surface area contributed by atoms with Crippen LogP contribution in [-0.2, 0) is 0 Å². The van der Waals surface area contributed by atoms with Crippen LogP contribution >= 0.6 is 0 Å². The average molecular weight is 485 g/mol. The van der Waals surface area contributed by atoms with Crippen LogP contribution in [0.5, 0.6) is 0 Å². The zero-order valence-electron chi connectivity index (χ0n) is 20.1. The number of hydrogen-bond acceptors (Lipinski definition) is 6. The van der Waals surface area contributed by atoms with E-state index < -0.39 is 0 Å². The van der Waals surface area contributed by atoms with E-state index in [0.717, 1.165) is 67.2 Å². The number of rotatable bonds is 6. The molecule has 8 heteroatoms. The molecule has 0 unspecified atom stereocenters. The fourth-order valence-corrected chi connectivity index (χ4v) is 4.86. The lowest BCUT2D eigenvalue weighted by Crippen LogP contribution is -2.18. The van der Waals surface area contributed by atoms with E-state index in [9.17, 15) is 0 Å². The summed E-state index contributed by atoms with van der Waals surface area (Å²) in [5.74, 6) is 0.553. The number of nitrogens with zero attached hydrogens (tertiary/aromatic N) is 5. The number of H-pyrrole nitrogens is 2. The topological polar surface area (TPSA) is 108 Å². The normalized spacial score (nSPS) is 13.6. The Morgan fingerprint density at radius 3 is 2.62 bits per heavy atom. The van der Waals surface area contributed by atoms with Crippen LogP contribution in [-0.4, -0.2) is 35.1 Å². The highest BCUT2D eigenvalue weighted by Gasteiger charge is 2.21. The lowest BCUT2D eigenvalue weighted by molar-refractivity contribution is 0.371. The van der Waals surface area contributed by atoms with Crippen molar-refractivity contribution in [3.63, 3.8) is 0 Å². The summed E-state index contributed by atoms with van der Waals surface area (Å²) in [6, 6.07) is 14.0. The quantitative estimate of drug-likeness (QED) is 0.254. The van der Waals surface area contributed by atoms with Crippen LogP contribution in [0.2, 0.25) is 0 Å². The largest absolute Gasteiger partial charge is 0.358 e. The second kappa shape index (κ2) is 8.67. The van der Waals surface area contributed by atoms with Crippen LogP contribution in [0.15, 0.2) is 85.7 Å². The van der Waals surface area contributed by atoms with E-state index in [2.05, 4.69) is 54.2 Å². The van der Waals surface area contributed by atoms with Crippen LogP contribution in [0.1, 0.15) is 19.3 Å². The van der Waals surface area contributed by atoms with Crippen LogP contribution in [0.3, 0.4) is 0 Å². The molecule has 0 aliphatic heterocycles. The first-order chi connectivity index (χ1) is 18.2. The molecule has 0 aromatic carbocycles. The molecule has 3 N–H and O–H groups in total. The Balaban J connectivity index is 1.26. The van der Waals surface area contributed by atoms with Crippen molar-refractivity contribution in [3.8, 4) is 33.9 Å². The van der Waals surface area contributed by atoms with Crippen molar-refractivity contribution in [2.75, 3.05) is 5.32 Å². The highest BCUT2D eigenvalue weighted by Crippen LogP contribution is 2.34. The number of hydrogen-bond donors (Lipinski definition) is 3. The van der Waals surface area contributed by atoms with Gasteiger partial charge in [0.25, 0.3) is 0 Å². The summed E-state index contributed by atoms with van der Waals surface area (Å²) < 4.78 is 0. The van der Waals surface area contributed by atoms with Gasteiger partial charge in [-0.1, -0.05) is 13.0 Å². The monoisotopic (exact) mass is 484 g/mol. The molecule has 37 heavy (non-hydrogen) atoms. The summed E-state index contributed by atoms with van der Waals surface area (Å²) in [6.45, 7) is 4.22. The number of aromatic nitrogens is 7. The van der Waals surface area contributed by atoms with Gasteiger partial charge in [-0.05, 0) is 61.2 Å². The van der Waals surface area contributed by atoms with Gasteiger partial charge in [-0.25, -0.2) is 4.98 Å². The maximum Gasteiger partial charge on any atom is 0.135 e. The third-order valence-corrected chi connectivity index (χ3v) is 7.10. The van der Waals surface area contributed by atoms with E-state index in [-0.39, 0.29) is 0 Å². The molecule has 6 aromatic heterocycles. The zero-order valence-corrected chi connectivity index (χ0v) is 20.1. The molecule has 0 saturated heterocycles. The fraction of sp³-hybridized carbons (Fsp3) is 0.138. The smallest absolute Gasteiger partial charge is 0.135 e. The van der Waals surface area contributed by atoms with Crippen molar-refractivity contribution < 1.29 is 0 Å². The first kappa shape index (κ1) is 21.4. The molecule has 0 spiro atoms. The molecular weight excluding hydrogens is 460 g/mol. The molecule has 1 aliphatic rings. The van der Waals surface area contributed by atoms with E-state index in [1.165, 1.54) is 19.3 Å². The standard InChI is InChI=1S/C29H24N8/c1-17(18-3-2-4-18)33-21-13-20(15-31-16-21)23-5-6-25-28(35-23)29(37-36-25)26-14-22-24(34-26)9-12-32-27(22)19-7-10-30-11-8-19/h5-16,18,33-34H,1-4H2,(H,36,37). The van der Waals surface area contributed by atoms with Crippen molar-refractivity contribution in [2.24, 2.45) is 5.92 Å². The Kier molecular flexibility index (Phi) is 5.02. The summed E-state index contributed by atoms with van der Waals surface area (Å²) in [6.07, 6.45) is 12.7. The molecule has 8 nitrogen and oxygen atoms in total. The number of anilines is 1.